The van der Waals surface area contributed by atoms with Gasteiger partial charge in [-0.2, -0.15) is 0 Å². The third-order valence-electron chi connectivity index (χ3n) is 2.41. The number of aromatic nitrogens is 1. The van der Waals surface area contributed by atoms with Gasteiger partial charge in [-0.15, -0.1) is 0 Å². The van der Waals surface area contributed by atoms with Crippen LogP contribution in [-0.2, 0) is 9.59 Å². The van der Waals surface area contributed by atoms with Crippen LogP contribution in [0, 0.1) is 5.92 Å². The topological polar surface area (TPSA) is 79.3 Å². The molecule has 0 aliphatic rings. The minimum absolute atomic E-state index is 0.239. The van der Waals surface area contributed by atoms with E-state index in [1.165, 1.54) is 6.08 Å². The number of nitrogens with zero attached hydrogens (tertiary/aromatic N) is 1. The molecule has 0 saturated carbocycles. The molecule has 1 rings (SSSR count). The molecule has 96 valence electrons. The lowest BCUT2D eigenvalue weighted by molar-refractivity contribution is -0.141. The van der Waals surface area contributed by atoms with E-state index in [2.05, 4.69) is 10.3 Å². The SMILES string of the molecule is CC(CCNC(=O)/C=C/c1cccnc1)C(=O)O. The van der Waals surface area contributed by atoms with Gasteiger partial charge < -0.3 is 10.4 Å². The van der Waals surface area contributed by atoms with E-state index < -0.39 is 11.9 Å². The van der Waals surface area contributed by atoms with Gasteiger partial charge in [-0.3, -0.25) is 14.6 Å². The quantitative estimate of drug-likeness (QED) is 0.744. The summed E-state index contributed by atoms with van der Waals surface area (Å²) in [6.07, 6.45) is 6.79. The number of aliphatic carboxylic acids is 1. The summed E-state index contributed by atoms with van der Waals surface area (Å²) >= 11 is 0. The Labute approximate surface area is 106 Å². The van der Waals surface area contributed by atoms with Gasteiger partial charge in [0.05, 0.1) is 5.92 Å². The number of carboxylic acid groups (broad SMARTS) is 1. The Morgan fingerprint density at radius 1 is 1.56 bits per heavy atom. The number of hydrogen-bond acceptors (Lipinski definition) is 3. The molecule has 0 saturated heterocycles. The van der Waals surface area contributed by atoms with E-state index in [9.17, 15) is 9.59 Å². The van der Waals surface area contributed by atoms with Crippen LogP contribution in [-0.4, -0.2) is 28.5 Å². The Balaban J connectivity index is 2.30. The van der Waals surface area contributed by atoms with Crippen LogP contribution in [0.15, 0.2) is 30.6 Å². The van der Waals surface area contributed by atoms with Gasteiger partial charge >= 0.3 is 5.97 Å². The Morgan fingerprint density at radius 3 is 2.94 bits per heavy atom. The molecule has 1 unspecified atom stereocenters. The Kier molecular flexibility index (Phi) is 5.57. The zero-order valence-electron chi connectivity index (χ0n) is 10.2. The van der Waals surface area contributed by atoms with Crippen molar-refractivity contribution in [2.75, 3.05) is 6.54 Å². The van der Waals surface area contributed by atoms with Crippen LogP contribution in [0.3, 0.4) is 0 Å². The third-order valence-corrected chi connectivity index (χ3v) is 2.41. The first-order valence-electron chi connectivity index (χ1n) is 5.68. The molecular formula is C13H16N2O3. The number of rotatable bonds is 6. The van der Waals surface area contributed by atoms with Crippen molar-refractivity contribution in [2.45, 2.75) is 13.3 Å². The molecule has 5 nitrogen and oxygen atoms in total. The fraction of sp³-hybridized carbons (Fsp3) is 0.308. The molecule has 0 aliphatic carbocycles. The highest BCUT2D eigenvalue weighted by molar-refractivity contribution is 5.91. The van der Waals surface area contributed by atoms with Crippen LogP contribution >= 0.6 is 0 Å². The maximum Gasteiger partial charge on any atom is 0.306 e. The largest absolute Gasteiger partial charge is 0.481 e. The standard InChI is InChI=1S/C13H16N2O3/c1-10(13(17)18)6-8-15-12(16)5-4-11-3-2-7-14-9-11/h2-5,7,9-10H,6,8H2,1H3,(H,15,16)(H,17,18)/b5-4+. The molecule has 5 heteroatoms. The van der Waals surface area contributed by atoms with E-state index >= 15 is 0 Å². The van der Waals surface area contributed by atoms with Gasteiger partial charge in [0.25, 0.3) is 0 Å². The lowest BCUT2D eigenvalue weighted by Crippen LogP contribution is -2.25. The van der Waals surface area contributed by atoms with Crippen LogP contribution in [0.25, 0.3) is 6.08 Å². The normalized spacial score (nSPS) is 12.3. The van der Waals surface area contributed by atoms with Crippen LogP contribution in [0.2, 0.25) is 0 Å². The molecule has 1 aromatic rings. The average molecular weight is 248 g/mol. The first-order valence-corrected chi connectivity index (χ1v) is 5.68. The predicted molar refractivity (Wildman–Crippen MR) is 67.7 cm³/mol. The molecule has 2 N–H and O–H groups in total. The summed E-state index contributed by atoms with van der Waals surface area (Å²) in [6, 6.07) is 3.62. The number of hydrogen-bond donors (Lipinski definition) is 2. The predicted octanol–water partition coefficient (Wildman–Crippen LogP) is 1.32. The van der Waals surface area contributed by atoms with Crippen molar-refractivity contribution < 1.29 is 14.7 Å². The summed E-state index contributed by atoms with van der Waals surface area (Å²) in [5, 5.41) is 11.3. The van der Waals surface area contributed by atoms with Crippen molar-refractivity contribution in [1.29, 1.82) is 0 Å². The second kappa shape index (κ2) is 7.21. The Bertz CT molecular complexity index is 429. The first kappa shape index (κ1) is 13.9. The van der Waals surface area contributed by atoms with Crippen LogP contribution in [0.1, 0.15) is 18.9 Å². The molecule has 0 aliphatic heterocycles. The highest BCUT2D eigenvalue weighted by Crippen LogP contribution is 2.00. The van der Waals surface area contributed by atoms with Gasteiger partial charge in [-0.25, -0.2) is 0 Å². The van der Waals surface area contributed by atoms with Crippen LogP contribution in [0.5, 0.6) is 0 Å². The molecule has 1 aromatic heterocycles. The number of carboxylic acids is 1. The lowest BCUT2D eigenvalue weighted by atomic mass is 10.1. The third kappa shape index (κ3) is 5.25. The zero-order chi connectivity index (χ0) is 13.4. The average Bonchev–Trinajstić information content (AvgIpc) is 2.37. The highest BCUT2D eigenvalue weighted by atomic mass is 16.4. The molecule has 0 aromatic carbocycles. The molecule has 0 spiro atoms. The molecule has 0 fully saturated rings. The minimum atomic E-state index is -0.852. The van der Waals surface area contributed by atoms with Gasteiger partial charge in [0.1, 0.15) is 0 Å². The fourth-order valence-electron chi connectivity index (χ4n) is 1.24. The number of carbonyl (C=O) groups excluding carboxylic acids is 1. The molecule has 1 atom stereocenters. The van der Waals surface area contributed by atoms with Crippen molar-refractivity contribution in [2.24, 2.45) is 5.92 Å². The maximum absolute atomic E-state index is 11.4. The maximum atomic E-state index is 11.4. The van der Waals surface area contributed by atoms with Crippen molar-refractivity contribution in [3.8, 4) is 0 Å². The van der Waals surface area contributed by atoms with Crippen molar-refractivity contribution in [3.05, 3.63) is 36.2 Å². The van der Waals surface area contributed by atoms with E-state index in [0.717, 1.165) is 5.56 Å². The number of amides is 1. The smallest absolute Gasteiger partial charge is 0.306 e. The van der Waals surface area contributed by atoms with Gasteiger partial charge in [-0.05, 0) is 24.1 Å². The summed E-state index contributed by atoms with van der Waals surface area (Å²) in [6.45, 7) is 1.96. The van der Waals surface area contributed by atoms with E-state index in [0.29, 0.717) is 13.0 Å². The van der Waals surface area contributed by atoms with Gasteiger partial charge in [-0.1, -0.05) is 13.0 Å². The van der Waals surface area contributed by atoms with Gasteiger partial charge in [0.15, 0.2) is 0 Å². The van der Waals surface area contributed by atoms with Gasteiger partial charge in [0.2, 0.25) is 5.91 Å². The number of pyridine rings is 1. The van der Waals surface area contributed by atoms with Crippen molar-refractivity contribution in [1.82, 2.24) is 10.3 Å². The molecule has 0 bridgehead atoms. The van der Waals surface area contributed by atoms with E-state index in [1.54, 1.807) is 31.5 Å². The zero-order valence-corrected chi connectivity index (χ0v) is 10.2. The molecule has 18 heavy (non-hydrogen) atoms. The van der Waals surface area contributed by atoms with E-state index in [1.807, 2.05) is 6.07 Å². The second-order valence-electron chi connectivity index (χ2n) is 3.94. The Morgan fingerprint density at radius 2 is 2.33 bits per heavy atom. The van der Waals surface area contributed by atoms with Crippen LogP contribution in [0.4, 0.5) is 0 Å². The highest BCUT2D eigenvalue weighted by Gasteiger charge is 2.09. The molecule has 1 amide bonds. The monoisotopic (exact) mass is 248 g/mol. The van der Waals surface area contributed by atoms with E-state index in [4.69, 9.17) is 5.11 Å². The molecule has 1 heterocycles. The summed E-state index contributed by atoms with van der Waals surface area (Å²) in [5.74, 6) is -1.54. The first-order chi connectivity index (χ1) is 8.59. The lowest BCUT2D eigenvalue weighted by Gasteiger charge is -2.05. The summed E-state index contributed by atoms with van der Waals surface area (Å²) in [4.78, 5) is 25.9. The second-order valence-corrected chi connectivity index (χ2v) is 3.94. The van der Waals surface area contributed by atoms with Crippen molar-refractivity contribution in [3.63, 3.8) is 0 Å². The summed E-state index contributed by atoms with van der Waals surface area (Å²) in [5.41, 5.74) is 0.839. The van der Waals surface area contributed by atoms with Crippen LogP contribution < -0.4 is 5.32 Å². The number of nitrogens with one attached hydrogen (secondary N) is 1. The van der Waals surface area contributed by atoms with E-state index in [-0.39, 0.29) is 5.91 Å². The molecular weight excluding hydrogens is 232 g/mol. The number of carbonyl (C=O) groups is 2. The summed E-state index contributed by atoms with van der Waals surface area (Å²) < 4.78 is 0. The van der Waals surface area contributed by atoms with Gasteiger partial charge in [0, 0.05) is 25.0 Å². The van der Waals surface area contributed by atoms with Crippen molar-refractivity contribution >= 4 is 18.0 Å². The Hall–Kier alpha value is -2.17. The minimum Gasteiger partial charge on any atom is -0.481 e. The fourth-order valence-corrected chi connectivity index (χ4v) is 1.24. The molecule has 0 radical (unpaired) electrons. The summed E-state index contributed by atoms with van der Waals surface area (Å²) in [7, 11) is 0.